The van der Waals surface area contributed by atoms with Gasteiger partial charge in [-0.1, -0.05) is 72.8 Å². The summed E-state index contributed by atoms with van der Waals surface area (Å²) in [7, 11) is 0. The van der Waals surface area contributed by atoms with Crippen molar-refractivity contribution < 1.29 is 15.0 Å². The summed E-state index contributed by atoms with van der Waals surface area (Å²) in [6, 6.07) is 26.4. The number of amides is 1. The van der Waals surface area contributed by atoms with Crippen molar-refractivity contribution in [3.05, 3.63) is 107 Å². The van der Waals surface area contributed by atoms with Gasteiger partial charge in [-0.2, -0.15) is 0 Å². The van der Waals surface area contributed by atoms with Gasteiger partial charge >= 0.3 is 0 Å². The van der Waals surface area contributed by atoms with Gasteiger partial charge in [0.05, 0.1) is 12.2 Å². The molecule has 31 heavy (non-hydrogen) atoms. The van der Waals surface area contributed by atoms with Crippen LogP contribution in [0.1, 0.15) is 46.2 Å². The van der Waals surface area contributed by atoms with Gasteiger partial charge in [0.1, 0.15) is 0 Å². The third kappa shape index (κ3) is 6.49. The third-order valence-electron chi connectivity index (χ3n) is 5.58. The van der Waals surface area contributed by atoms with Crippen LogP contribution >= 0.6 is 0 Å². The standard InChI is InChI=1S/C26H30N2O3/c1-19(16-20-12-14-23(15-13-20)26(27)31)28(17-24(29)21-8-4-2-5-9-21)18-25(30)22-10-6-3-7-11-22/h2-15,19,24-25,29-30H,16-18H2,1H3,(H2,27,31)/t19-,24+,25+/m1/s1. The Kier molecular flexibility index (Phi) is 7.95. The number of rotatable bonds is 10. The molecule has 3 aromatic rings. The van der Waals surface area contributed by atoms with Crippen LogP contribution in [0.25, 0.3) is 0 Å². The normalized spacial score (nSPS) is 14.2. The lowest BCUT2D eigenvalue weighted by molar-refractivity contribution is 0.0480. The Balaban J connectivity index is 1.75. The van der Waals surface area contributed by atoms with E-state index in [1.54, 1.807) is 12.1 Å². The molecule has 0 bridgehead atoms. The molecule has 0 aliphatic heterocycles. The molecule has 0 heterocycles. The van der Waals surface area contributed by atoms with Gasteiger partial charge in [0.25, 0.3) is 0 Å². The van der Waals surface area contributed by atoms with E-state index >= 15 is 0 Å². The van der Waals surface area contributed by atoms with E-state index in [0.29, 0.717) is 25.1 Å². The monoisotopic (exact) mass is 418 g/mol. The predicted octanol–water partition coefficient (Wildman–Crippen LogP) is 3.49. The SMILES string of the molecule is C[C@H](Cc1ccc(C(N)=O)cc1)N(C[C@H](O)c1ccccc1)C[C@H](O)c1ccccc1. The molecule has 5 nitrogen and oxygen atoms in total. The van der Waals surface area contributed by atoms with Crippen molar-refractivity contribution in [2.45, 2.75) is 31.6 Å². The molecule has 0 unspecified atom stereocenters. The van der Waals surface area contributed by atoms with Crippen LogP contribution in [0.15, 0.2) is 84.9 Å². The summed E-state index contributed by atoms with van der Waals surface area (Å²) >= 11 is 0. The predicted molar refractivity (Wildman–Crippen MR) is 123 cm³/mol. The lowest BCUT2D eigenvalue weighted by Crippen LogP contribution is -2.40. The summed E-state index contributed by atoms with van der Waals surface area (Å²) in [5.41, 5.74) is 8.56. The first-order valence-corrected chi connectivity index (χ1v) is 10.5. The van der Waals surface area contributed by atoms with Gasteiger partial charge in [0.2, 0.25) is 5.91 Å². The summed E-state index contributed by atoms with van der Waals surface area (Å²) in [5.74, 6) is -0.446. The van der Waals surface area contributed by atoms with Crippen LogP contribution in [-0.2, 0) is 6.42 Å². The van der Waals surface area contributed by atoms with Crippen molar-refractivity contribution in [3.63, 3.8) is 0 Å². The first kappa shape index (κ1) is 22.7. The van der Waals surface area contributed by atoms with Crippen molar-refractivity contribution in [3.8, 4) is 0 Å². The fourth-order valence-electron chi connectivity index (χ4n) is 3.72. The van der Waals surface area contributed by atoms with Crippen molar-refractivity contribution in [1.29, 1.82) is 0 Å². The molecular formula is C26H30N2O3. The van der Waals surface area contributed by atoms with Crippen LogP contribution in [0.4, 0.5) is 0 Å². The van der Waals surface area contributed by atoms with Crippen molar-refractivity contribution in [1.82, 2.24) is 4.90 Å². The molecule has 3 aromatic carbocycles. The lowest BCUT2D eigenvalue weighted by Gasteiger charge is -2.33. The number of nitrogens with zero attached hydrogens (tertiary/aromatic N) is 1. The zero-order chi connectivity index (χ0) is 22.2. The molecule has 4 N–H and O–H groups in total. The van der Waals surface area contributed by atoms with Crippen molar-refractivity contribution >= 4 is 5.91 Å². The Bertz CT molecular complexity index is 898. The maximum atomic E-state index is 11.3. The molecule has 0 fully saturated rings. The minimum absolute atomic E-state index is 0.0520. The van der Waals surface area contributed by atoms with E-state index in [0.717, 1.165) is 16.7 Å². The Labute approximate surface area is 183 Å². The summed E-state index contributed by atoms with van der Waals surface area (Å²) in [6.07, 6.45) is -0.616. The highest BCUT2D eigenvalue weighted by molar-refractivity contribution is 5.92. The maximum absolute atomic E-state index is 11.3. The van der Waals surface area contributed by atoms with Crippen molar-refractivity contribution in [2.24, 2.45) is 5.73 Å². The average Bonchev–Trinajstić information content (AvgIpc) is 2.80. The molecule has 3 rings (SSSR count). The molecule has 162 valence electrons. The molecule has 3 atom stereocenters. The second-order valence-corrected chi connectivity index (χ2v) is 7.92. The van der Waals surface area contributed by atoms with E-state index in [9.17, 15) is 15.0 Å². The first-order valence-electron chi connectivity index (χ1n) is 10.5. The Morgan fingerprint density at radius 3 is 1.68 bits per heavy atom. The van der Waals surface area contributed by atoms with Gasteiger partial charge in [-0.15, -0.1) is 0 Å². The molecule has 5 heteroatoms. The Morgan fingerprint density at radius 2 is 1.26 bits per heavy atom. The van der Waals surface area contributed by atoms with Crippen LogP contribution in [0, 0.1) is 0 Å². The number of primary amides is 1. The second-order valence-electron chi connectivity index (χ2n) is 7.92. The van der Waals surface area contributed by atoms with Gasteiger partial charge in [0.15, 0.2) is 0 Å². The smallest absolute Gasteiger partial charge is 0.248 e. The molecule has 0 radical (unpaired) electrons. The molecule has 0 saturated heterocycles. The number of carbonyl (C=O) groups excluding carboxylic acids is 1. The number of hydrogen-bond acceptors (Lipinski definition) is 4. The molecule has 0 aromatic heterocycles. The van der Waals surface area contributed by atoms with Crippen LogP contribution in [-0.4, -0.2) is 40.2 Å². The van der Waals surface area contributed by atoms with E-state index in [4.69, 9.17) is 5.73 Å². The van der Waals surface area contributed by atoms with E-state index in [1.807, 2.05) is 72.8 Å². The summed E-state index contributed by atoms with van der Waals surface area (Å²) in [4.78, 5) is 13.4. The third-order valence-corrected chi connectivity index (χ3v) is 5.58. The van der Waals surface area contributed by atoms with Crippen LogP contribution in [0.5, 0.6) is 0 Å². The van der Waals surface area contributed by atoms with Crippen molar-refractivity contribution in [2.75, 3.05) is 13.1 Å². The highest BCUT2D eigenvalue weighted by Gasteiger charge is 2.22. The highest BCUT2D eigenvalue weighted by atomic mass is 16.3. The van der Waals surface area contributed by atoms with Gasteiger partial charge in [0, 0.05) is 24.7 Å². The van der Waals surface area contributed by atoms with Gasteiger partial charge < -0.3 is 15.9 Å². The van der Waals surface area contributed by atoms with E-state index in [-0.39, 0.29) is 6.04 Å². The fraction of sp³-hybridized carbons (Fsp3) is 0.269. The topological polar surface area (TPSA) is 86.8 Å². The number of benzene rings is 3. The summed E-state index contributed by atoms with van der Waals surface area (Å²) in [5, 5.41) is 21.6. The number of aliphatic hydroxyl groups is 2. The van der Waals surface area contributed by atoms with E-state index in [1.165, 1.54) is 0 Å². The highest BCUT2D eigenvalue weighted by Crippen LogP contribution is 2.21. The van der Waals surface area contributed by atoms with Crippen LogP contribution in [0.3, 0.4) is 0 Å². The van der Waals surface area contributed by atoms with Gasteiger partial charge in [-0.3, -0.25) is 9.69 Å². The molecule has 0 aliphatic rings. The number of aliphatic hydroxyl groups excluding tert-OH is 2. The van der Waals surface area contributed by atoms with Crippen LogP contribution < -0.4 is 5.73 Å². The zero-order valence-corrected chi connectivity index (χ0v) is 17.8. The Hall–Kier alpha value is -2.99. The van der Waals surface area contributed by atoms with Gasteiger partial charge in [-0.05, 0) is 42.2 Å². The van der Waals surface area contributed by atoms with E-state index < -0.39 is 18.1 Å². The molecule has 0 aliphatic carbocycles. The molecular weight excluding hydrogens is 388 g/mol. The fourth-order valence-corrected chi connectivity index (χ4v) is 3.72. The minimum atomic E-state index is -0.663. The number of carbonyl (C=O) groups is 1. The first-order chi connectivity index (χ1) is 14.9. The quantitative estimate of drug-likeness (QED) is 0.470. The van der Waals surface area contributed by atoms with Gasteiger partial charge in [-0.25, -0.2) is 0 Å². The molecule has 1 amide bonds. The molecule has 0 spiro atoms. The maximum Gasteiger partial charge on any atom is 0.248 e. The molecule has 0 saturated carbocycles. The summed E-state index contributed by atoms with van der Waals surface area (Å²) in [6.45, 7) is 2.88. The summed E-state index contributed by atoms with van der Waals surface area (Å²) < 4.78 is 0. The Morgan fingerprint density at radius 1 is 0.806 bits per heavy atom. The second kappa shape index (κ2) is 10.9. The zero-order valence-electron chi connectivity index (χ0n) is 17.8. The number of nitrogens with two attached hydrogens (primary N) is 1. The largest absolute Gasteiger partial charge is 0.387 e. The van der Waals surface area contributed by atoms with Crippen LogP contribution in [0.2, 0.25) is 0 Å². The lowest BCUT2D eigenvalue weighted by atomic mass is 10.0. The minimum Gasteiger partial charge on any atom is -0.387 e. The number of hydrogen-bond donors (Lipinski definition) is 3. The van der Waals surface area contributed by atoms with E-state index in [2.05, 4.69) is 11.8 Å². The average molecular weight is 419 g/mol.